The molecule has 1 amide bonds. The van der Waals surface area contributed by atoms with Gasteiger partial charge in [0.1, 0.15) is 11.2 Å². The average molecular weight is 392 g/mol. The highest BCUT2D eigenvalue weighted by Crippen LogP contribution is 2.23. The number of thiophene rings is 1. The summed E-state index contributed by atoms with van der Waals surface area (Å²) in [5.41, 5.74) is 1.81. The molecule has 0 radical (unpaired) electrons. The van der Waals surface area contributed by atoms with E-state index < -0.39 is 10.0 Å². The summed E-state index contributed by atoms with van der Waals surface area (Å²) in [5, 5.41) is 15.6. The Morgan fingerprint density at radius 3 is 2.81 bits per heavy atom. The molecule has 2 heterocycles. The van der Waals surface area contributed by atoms with Crippen molar-refractivity contribution in [3.8, 4) is 5.69 Å². The standard InChI is InChI=1S/C15H16N6O3S2/c1-10(11-4-3-5-12(8-11)18-26(2,23)24)17-15(22)14-13(6-7-25-14)21-9-16-19-20-21/h3-10,18H,1-2H3,(H,17,22). The summed E-state index contributed by atoms with van der Waals surface area (Å²) in [4.78, 5) is 13.1. The molecule has 0 fully saturated rings. The minimum atomic E-state index is -3.37. The van der Waals surface area contributed by atoms with Crippen LogP contribution in [-0.4, -0.2) is 40.8 Å². The fourth-order valence-electron chi connectivity index (χ4n) is 2.36. The summed E-state index contributed by atoms with van der Waals surface area (Å²) in [6, 6.07) is 8.31. The molecular weight excluding hydrogens is 376 g/mol. The molecule has 26 heavy (non-hydrogen) atoms. The van der Waals surface area contributed by atoms with E-state index in [2.05, 4.69) is 25.6 Å². The van der Waals surface area contributed by atoms with E-state index >= 15 is 0 Å². The fourth-order valence-corrected chi connectivity index (χ4v) is 3.69. The molecule has 0 saturated carbocycles. The third-order valence-corrected chi connectivity index (χ3v) is 4.99. The summed E-state index contributed by atoms with van der Waals surface area (Å²) < 4.78 is 26.6. The van der Waals surface area contributed by atoms with Gasteiger partial charge >= 0.3 is 0 Å². The van der Waals surface area contributed by atoms with Gasteiger partial charge in [-0.3, -0.25) is 9.52 Å². The highest BCUT2D eigenvalue weighted by atomic mass is 32.2. The van der Waals surface area contributed by atoms with Crippen LogP contribution in [0.5, 0.6) is 0 Å². The van der Waals surface area contributed by atoms with Crippen LogP contribution >= 0.6 is 11.3 Å². The van der Waals surface area contributed by atoms with Gasteiger partial charge in [-0.25, -0.2) is 8.42 Å². The molecule has 1 atom stereocenters. The number of amides is 1. The summed E-state index contributed by atoms with van der Waals surface area (Å²) in [6.07, 6.45) is 2.50. The van der Waals surface area contributed by atoms with Gasteiger partial charge in [0.25, 0.3) is 5.91 Å². The molecule has 1 unspecified atom stereocenters. The Morgan fingerprint density at radius 2 is 2.12 bits per heavy atom. The number of benzene rings is 1. The van der Waals surface area contributed by atoms with E-state index in [1.165, 1.54) is 22.3 Å². The molecule has 0 aliphatic heterocycles. The van der Waals surface area contributed by atoms with Gasteiger partial charge in [0.15, 0.2) is 0 Å². The lowest BCUT2D eigenvalue weighted by molar-refractivity contribution is 0.0944. The maximum Gasteiger partial charge on any atom is 0.264 e. The number of nitrogens with one attached hydrogen (secondary N) is 2. The van der Waals surface area contributed by atoms with Crippen molar-refractivity contribution >= 4 is 33.0 Å². The van der Waals surface area contributed by atoms with Crippen molar-refractivity contribution < 1.29 is 13.2 Å². The number of nitrogens with zero attached hydrogens (tertiary/aromatic N) is 4. The van der Waals surface area contributed by atoms with Crippen molar-refractivity contribution in [3.05, 3.63) is 52.5 Å². The molecule has 0 aliphatic rings. The van der Waals surface area contributed by atoms with Gasteiger partial charge < -0.3 is 5.32 Å². The molecular formula is C15H16N6O3S2. The topological polar surface area (TPSA) is 119 Å². The summed E-state index contributed by atoms with van der Waals surface area (Å²) >= 11 is 1.28. The first-order chi connectivity index (χ1) is 12.3. The summed E-state index contributed by atoms with van der Waals surface area (Å²) in [6.45, 7) is 1.82. The van der Waals surface area contributed by atoms with Crippen LogP contribution in [0.1, 0.15) is 28.2 Å². The Bertz CT molecular complexity index is 1010. The first-order valence-electron chi connectivity index (χ1n) is 7.53. The molecule has 2 aromatic heterocycles. The lowest BCUT2D eigenvalue weighted by Gasteiger charge is -2.15. The van der Waals surface area contributed by atoms with E-state index in [0.29, 0.717) is 16.3 Å². The molecule has 0 aliphatic carbocycles. The predicted molar refractivity (Wildman–Crippen MR) is 97.8 cm³/mol. The van der Waals surface area contributed by atoms with Crippen LogP contribution in [0.2, 0.25) is 0 Å². The van der Waals surface area contributed by atoms with Crippen LogP contribution in [0, 0.1) is 0 Å². The van der Waals surface area contributed by atoms with E-state index in [-0.39, 0.29) is 11.9 Å². The number of sulfonamides is 1. The van der Waals surface area contributed by atoms with Gasteiger partial charge in [-0.2, -0.15) is 4.68 Å². The molecule has 11 heteroatoms. The van der Waals surface area contributed by atoms with Crippen LogP contribution in [0.25, 0.3) is 5.69 Å². The van der Waals surface area contributed by atoms with Gasteiger partial charge in [-0.15, -0.1) is 16.4 Å². The molecule has 0 spiro atoms. The van der Waals surface area contributed by atoms with Gasteiger partial charge in [-0.05, 0) is 46.5 Å². The molecule has 3 aromatic rings. The van der Waals surface area contributed by atoms with Gasteiger partial charge in [-0.1, -0.05) is 12.1 Å². The maximum absolute atomic E-state index is 12.6. The van der Waals surface area contributed by atoms with Crippen molar-refractivity contribution in [2.24, 2.45) is 0 Å². The average Bonchev–Trinajstić information content (AvgIpc) is 3.24. The third-order valence-electron chi connectivity index (χ3n) is 3.48. The lowest BCUT2D eigenvalue weighted by Crippen LogP contribution is -2.27. The Kier molecular flexibility index (Phi) is 5.00. The Balaban J connectivity index is 1.77. The Labute approximate surface area is 154 Å². The molecule has 3 rings (SSSR count). The van der Waals surface area contributed by atoms with E-state index in [4.69, 9.17) is 0 Å². The van der Waals surface area contributed by atoms with E-state index in [1.54, 1.807) is 29.6 Å². The first-order valence-corrected chi connectivity index (χ1v) is 10.3. The minimum absolute atomic E-state index is 0.264. The first kappa shape index (κ1) is 18.0. The second-order valence-corrected chi connectivity index (χ2v) is 8.25. The molecule has 9 nitrogen and oxygen atoms in total. The van der Waals surface area contributed by atoms with E-state index in [1.807, 2.05) is 13.0 Å². The lowest BCUT2D eigenvalue weighted by atomic mass is 10.1. The summed E-state index contributed by atoms with van der Waals surface area (Å²) in [5.74, 6) is -0.264. The SMILES string of the molecule is CC(NC(=O)c1sccc1-n1cnnn1)c1cccc(NS(C)(=O)=O)c1. The second kappa shape index (κ2) is 7.22. The molecule has 0 bridgehead atoms. The zero-order valence-corrected chi connectivity index (χ0v) is 15.6. The second-order valence-electron chi connectivity index (χ2n) is 5.58. The smallest absolute Gasteiger partial charge is 0.264 e. The van der Waals surface area contributed by atoms with Crippen LogP contribution in [0.4, 0.5) is 5.69 Å². The van der Waals surface area contributed by atoms with Crippen molar-refractivity contribution in [2.75, 3.05) is 11.0 Å². The van der Waals surface area contributed by atoms with Crippen molar-refractivity contribution in [2.45, 2.75) is 13.0 Å². The van der Waals surface area contributed by atoms with Crippen LogP contribution in [-0.2, 0) is 10.0 Å². The van der Waals surface area contributed by atoms with Crippen LogP contribution in [0.15, 0.2) is 42.0 Å². The van der Waals surface area contributed by atoms with Crippen LogP contribution < -0.4 is 10.0 Å². The zero-order chi connectivity index (χ0) is 18.7. The van der Waals surface area contributed by atoms with Gasteiger partial charge in [0.2, 0.25) is 10.0 Å². The Hall–Kier alpha value is -2.79. The highest BCUT2D eigenvalue weighted by Gasteiger charge is 2.18. The number of anilines is 1. The largest absolute Gasteiger partial charge is 0.345 e. The number of hydrogen-bond donors (Lipinski definition) is 2. The van der Waals surface area contributed by atoms with Crippen molar-refractivity contribution in [1.29, 1.82) is 0 Å². The Morgan fingerprint density at radius 1 is 1.31 bits per heavy atom. The maximum atomic E-state index is 12.6. The number of aromatic nitrogens is 4. The van der Waals surface area contributed by atoms with Crippen LogP contribution in [0.3, 0.4) is 0 Å². The minimum Gasteiger partial charge on any atom is -0.345 e. The fraction of sp³-hybridized carbons (Fsp3) is 0.200. The van der Waals surface area contributed by atoms with Crippen molar-refractivity contribution in [1.82, 2.24) is 25.5 Å². The third kappa shape index (κ3) is 4.24. The predicted octanol–water partition coefficient (Wildman–Crippen LogP) is 1.59. The normalized spacial score (nSPS) is 12.5. The molecule has 2 N–H and O–H groups in total. The van der Waals surface area contributed by atoms with Crippen molar-refractivity contribution in [3.63, 3.8) is 0 Å². The van der Waals surface area contributed by atoms with E-state index in [9.17, 15) is 13.2 Å². The number of tetrazole rings is 1. The summed E-state index contributed by atoms with van der Waals surface area (Å²) in [7, 11) is -3.37. The highest BCUT2D eigenvalue weighted by molar-refractivity contribution is 7.92. The number of carbonyl (C=O) groups is 1. The number of rotatable bonds is 6. The number of carbonyl (C=O) groups excluding carboxylic acids is 1. The zero-order valence-electron chi connectivity index (χ0n) is 13.9. The van der Waals surface area contributed by atoms with Gasteiger partial charge in [0.05, 0.1) is 18.0 Å². The van der Waals surface area contributed by atoms with E-state index in [0.717, 1.165) is 11.8 Å². The quantitative estimate of drug-likeness (QED) is 0.657. The monoisotopic (exact) mass is 392 g/mol. The molecule has 136 valence electrons. The number of hydrogen-bond acceptors (Lipinski definition) is 7. The molecule has 1 aromatic carbocycles. The van der Waals surface area contributed by atoms with Gasteiger partial charge in [0, 0.05) is 5.69 Å². The molecule has 0 saturated heterocycles.